The molecule has 1 heterocycles. The second kappa shape index (κ2) is 7.28. The van der Waals surface area contributed by atoms with Crippen LogP contribution in [0.2, 0.25) is 0 Å². The van der Waals surface area contributed by atoms with Gasteiger partial charge in [-0.1, -0.05) is 27.2 Å². The molecule has 3 atom stereocenters. The Bertz CT molecular complexity index is 399. The minimum atomic E-state index is 0.399. The minimum absolute atomic E-state index is 0.399. The summed E-state index contributed by atoms with van der Waals surface area (Å²) in [4.78, 5) is 0. The number of hydrogen-bond acceptors (Lipinski definition) is 3. The molecule has 1 fully saturated rings. The van der Waals surface area contributed by atoms with E-state index < -0.39 is 0 Å². The Morgan fingerprint density at radius 2 is 2.20 bits per heavy atom. The average Bonchev–Trinajstić information content (AvgIpc) is 2.84. The van der Waals surface area contributed by atoms with Gasteiger partial charge < -0.3 is 14.5 Å². The van der Waals surface area contributed by atoms with Gasteiger partial charge in [-0.25, -0.2) is 0 Å². The van der Waals surface area contributed by atoms with Crippen molar-refractivity contribution < 1.29 is 9.15 Å². The summed E-state index contributed by atoms with van der Waals surface area (Å²) in [6.07, 6.45) is 6.00. The maximum Gasteiger partial charge on any atom is 0.123 e. The molecule has 3 heteroatoms. The van der Waals surface area contributed by atoms with Crippen LogP contribution in [0.1, 0.15) is 51.4 Å². The molecule has 114 valence electrons. The minimum Gasteiger partial charge on any atom is -0.468 e. The molecular formula is C17H29NO2. The van der Waals surface area contributed by atoms with Crippen molar-refractivity contribution in [2.45, 2.75) is 59.3 Å². The van der Waals surface area contributed by atoms with Crippen molar-refractivity contribution in [2.24, 2.45) is 17.8 Å². The average molecular weight is 279 g/mol. The molecule has 0 aromatic carbocycles. The van der Waals surface area contributed by atoms with Crippen molar-refractivity contribution in [3.8, 4) is 0 Å². The van der Waals surface area contributed by atoms with Gasteiger partial charge >= 0.3 is 0 Å². The third-order valence-corrected chi connectivity index (χ3v) is 4.59. The molecule has 3 unspecified atom stereocenters. The molecule has 1 aromatic heterocycles. The normalized spacial score (nSPS) is 27.1. The first kappa shape index (κ1) is 15.6. The van der Waals surface area contributed by atoms with E-state index in [2.05, 4.69) is 26.1 Å². The van der Waals surface area contributed by atoms with E-state index in [0.29, 0.717) is 24.5 Å². The van der Waals surface area contributed by atoms with Crippen molar-refractivity contribution in [2.75, 3.05) is 7.05 Å². The molecule has 0 saturated heterocycles. The fourth-order valence-electron chi connectivity index (χ4n) is 3.31. The van der Waals surface area contributed by atoms with E-state index in [1.165, 1.54) is 24.8 Å². The van der Waals surface area contributed by atoms with Crippen LogP contribution in [-0.2, 0) is 17.9 Å². The van der Waals surface area contributed by atoms with Gasteiger partial charge in [-0.15, -0.1) is 0 Å². The Balaban J connectivity index is 1.94. The molecule has 1 aliphatic rings. The van der Waals surface area contributed by atoms with Gasteiger partial charge in [0.2, 0.25) is 0 Å². The summed E-state index contributed by atoms with van der Waals surface area (Å²) in [7, 11) is 1.94. The van der Waals surface area contributed by atoms with Gasteiger partial charge in [-0.2, -0.15) is 0 Å². The number of nitrogens with one attached hydrogen (secondary N) is 1. The third-order valence-electron chi connectivity index (χ3n) is 4.59. The molecular weight excluding hydrogens is 250 g/mol. The van der Waals surface area contributed by atoms with E-state index in [9.17, 15) is 0 Å². The van der Waals surface area contributed by atoms with Gasteiger partial charge in [-0.05, 0) is 43.7 Å². The van der Waals surface area contributed by atoms with E-state index in [-0.39, 0.29) is 0 Å². The molecule has 1 aromatic rings. The Kier molecular flexibility index (Phi) is 5.67. The summed E-state index contributed by atoms with van der Waals surface area (Å²) < 4.78 is 11.8. The largest absolute Gasteiger partial charge is 0.468 e. The smallest absolute Gasteiger partial charge is 0.123 e. The van der Waals surface area contributed by atoms with Crippen LogP contribution >= 0.6 is 0 Å². The van der Waals surface area contributed by atoms with Gasteiger partial charge in [0.05, 0.1) is 25.5 Å². The van der Waals surface area contributed by atoms with E-state index in [4.69, 9.17) is 9.15 Å². The Hall–Kier alpha value is -0.800. The molecule has 0 amide bonds. The number of ether oxygens (including phenoxy) is 1. The first-order valence-corrected chi connectivity index (χ1v) is 7.93. The summed E-state index contributed by atoms with van der Waals surface area (Å²) >= 11 is 0. The Labute approximate surface area is 123 Å². The topological polar surface area (TPSA) is 34.4 Å². The lowest BCUT2D eigenvalue weighted by atomic mass is 9.75. The summed E-state index contributed by atoms with van der Waals surface area (Å²) in [5.41, 5.74) is 1.18. The zero-order valence-corrected chi connectivity index (χ0v) is 13.3. The van der Waals surface area contributed by atoms with E-state index in [0.717, 1.165) is 18.2 Å². The zero-order valence-electron chi connectivity index (χ0n) is 13.3. The highest BCUT2D eigenvalue weighted by molar-refractivity contribution is 5.15. The summed E-state index contributed by atoms with van der Waals surface area (Å²) in [5.74, 6) is 3.19. The van der Waals surface area contributed by atoms with Crippen molar-refractivity contribution in [3.63, 3.8) is 0 Å². The van der Waals surface area contributed by atoms with Gasteiger partial charge in [0, 0.05) is 5.56 Å². The Morgan fingerprint density at radius 3 is 2.90 bits per heavy atom. The molecule has 20 heavy (non-hydrogen) atoms. The lowest BCUT2D eigenvalue weighted by Crippen LogP contribution is -2.34. The monoisotopic (exact) mass is 279 g/mol. The zero-order chi connectivity index (χ0) is 14.5. The number of furan rings is 1. The van der Waals surface area contributed by atoms with Gasteiger partial charge in [0.15, 0.2) is 0 Å². The van der Waals surface area contributed by atoms with Crippen LogP contribution in [0.3, 0.4) is 0 Å². The molecule has 1 N–H and O–H groups in total. The SMILES string of the molecule is CNCc1occc1COC1CC(C)CCC1C(C)C. The maximum atomic E-state index is 6.27. The highest BCUT2D eigenvalue weighted by Crippen LogP contribution is 2.35. The van der Waals surface area contributed by atoms with Gasteiger partial charge in [0.1, 0.15) is 5.76 Å². The molecule has 3 nitrogen and oxygen atoms in total. The van der Waals surface area contributed by atoms with Crippen molar-refractivity contribution in [1.29, 1.82) is 0 Å². The molecule has 0 bridgehead atoms. The summed E-state index contributed by atoms with van der Waals surface area (Å²) in [6.45, 7) is 8.42. The summed E-state index contributed by atoms with van der Waals surface area (Å²) in [5, 5.41) is 3.13. The van der Waals surface area contributed by atoms with Gasteiger partial charge in [0.25, 0.3) is 0 Å². The van der Waals surface area contributed by atoms with E-state index in [1.54, 1.807) is 6.26 Å². The standard InChI is InChI=1S/C17H29NO2/c1-12(2)15-6-5-13(3)9-16(15)20-11-14-7-8-19-17(14)10-18-4/h7-8,12-13,15-16,18H,5-6,9-11H2,1-4H3. The highest BCUT2D eigenvalue weighted by atomic mass is 16.5. The quantitative estimate of drug-likeness (QED) is 0.855. The number of hydrogen-bond donors (Lipinski definition) is 1. The van der Waals surface area contributed by atoms with E-state index in [1.807, 2.05) is 13.1 Å². The van der Waals surface area contributed by atoms with Crippen LogP contribution < -0.4 is 5.32 Å². The maximum absolute atomic E-state index is 6.27. The molecule has 1 saturated carbocycles. The molecule has 1 aliphatic carbocycles. The first-order chi connectivity index (χ1) is 9.61. The van der Waals surface area contributed by atoms with Crippen LogP contribution in [0, 0.1) is 17.8 Å². The molecule has 0 aliphatic heterocycles. The van der Waals surface area contributed by atoms with Crippen LogP contribution in [-0.4, -0.2) is 13.2 Å². The predicted molar refractivity (Wildman–Crippen MR) is 81.4 cm³/mol. The first-order valence-electron chi connectivity index (χ1n) is 7.93. The van der Waals surface area contributed by atoms with E-state index >= 15 is 0 Å². The lowest BCUT2D eigenvalue weighted by Gasteiger charge is -2.37. The lowest BCUT2D eigenvalue weighted by molar-refractivity contribution is -0.0476. The van der Waals surface area contributed by atoms with Gasteiger partial charge in [-0.3, -0.25) is 0 Å². The van der Waals surface area contributed by atoms with Crippen LogP contribution in [0.25, 0.3) is 0 Å². The van der Waals surface area contributed by atoms with Crippen LogP contribution in [0.15, 0.2) is 16.7 Å². The summed E-state index contributed by atoms with van der Waals surface area (Å²) in [6, 6.07) is 2.03. The molecule has 0 radical (unpaired) electrons. The molecule has 0 spiro atoms. The van der Waals surface area contributed by atoms with Crippen LogP contribution in [0.5, 0.6) is 0 Å². The fraction of sp³-hybridized carbons (Fsp3) is 0.765. The second-order valence-corrected chi connectivity index (χ2v) is 6.57. The van der Waals surface area contributed by atoms with Crippen molar-refractivity contribution >= 4 is 0 Å². The second-order valence-electron chi connectivity index (χ2n) is 6.57. The number of rotatable bonds is 6. The van der Waals surface area contributed by atoms with Crippen molar-refractivity contribution in [3.05, 3.63) is 23.7 Å². The van der Waals surface area contributed by atoms with Crippen molar-refractivity contribution in [1.82, 2.24) is 5.32 Å². The Morgan fingerprint density at radius 1 is 1.40 bits per heavy atom. The third kappa shape index (κ3) is 3.86. The van der Waals surface area contributed by atoms with Crippen LogP contribution in [0.4, 0.5) is 0 Å². The predicted octanol–water partition coefficient (Wildman–Crippen LogP) is 3.98. The fourth-order valence-corrected chi connectivity index (χ4v) is 3.31. The molecule has 2 rings (SSSR count). The highest BCUT2D eigenvalue weighted by Gasteiger charge is 2.31.